The third-order valence-electron chi connectivity index (χ3n) is 4.46. The normalized spacial score (nSPS) is 11.2. The van der Waals surface area contributed by atoms with E-state index in [9.17, 15) is 0 Å². The molecule has 0 bridgehead atoms. The van der Waals surface area contributed by atoms with Crippen LogP contribution in [0, 0.1) is 6.92 Å². The Labute approximate surface area is 177 Å². The molecule has 0 saturated heterocycles. The lowest BCUT2D eigenvalue weighted by atomic mass is 10.1. The van der Waals surface area contributed by atoms with Crippen LogP contribution >= 0.6 is 34.4 Å². The Morgan fingerprint density at radius 2 is 1.93 bits per heavy atom. The largest absolute Gasteiger partial charge is 0.302 e. The average molecular weight is 427 g/mol. The van der Waals surface area contributed by atoms with Crippen molar-refractivity contribution in [2.75, 3.05) is 0 Å². The Balaban J connectivity index is 1.50. The highest BCUT2D eigenvalue weighted by atomic mass is 32.2. The predicted octanol–water partition coefficient (Wildman–Crippen LogP) is 6.31. The summed E-state index contributed by atoms with van der Waals surface area (Å²) in [7, 11) is 0. The summed E-state index contributed by atoms with van der Waals surface area (Å²) in [5.74, 6) is 1.75. The van der Waals surface area contributed by atoms with E-state index in [2.05, 4.69) is 76.6 Å². The molecule has 1 aromatic carbocycles. The second-order valence-electron chi connectivity index (χ2n) is 6.51. The van der Waals surface area contributed by atoms with Crippen molar-refractivity contribution < 1.29 is 0 Å². The minimum atomic E-state index is 0.796. The maximum atomic E-state index is 4.81. The van der Waals surface area contributed by atoms with Crippen molar-refractivity contribution in [1.82, 2.24) is 19.7 Å². The molecule has 28 heavy (non-hydrogen) atoms. The first-order chi connectivity index (χ1) is 13.7. The van der Waals surface area contributed by atoms with Crippen LogP contribution in [0.25, 0.3) is 22.0 Å². The number of thiazole rings is 1. The van der Waals surface area contributed by atoms with Crippen LogP contribution in [-0.4, -0.2) is 19.7 Å². The number of aromatic nitrogens is 4. The van der Waals surface area contributed by atoms with Crippen molar-refractivity contribution in [3.63, 3.8) is 0 Å². The third-order valence-corrected chi connectivity index (χ3v) is 7.48. The summed E-state index contributed by atoms with van der Waals surface area (Å²) in [5.41, 5.74) is 4.69. The van der Waals surface area contributed by atoms with Crippen LogP contribution in [-0.2, 0) is 18.7 Å². The second-order valence-corrected chi connectivity index (χ2v) is 9.30. The lowest BCUT2D eigenvalue weighted by Crippen LogP contribution is -1.99. The summed E-state index contributed by atoms with van der Waals surface area (Å²) >= 11 is 5.19. The standard InChI is InChI=1S/C21H22N4S3/c1-4-18-10-16(11-26-18)19-23-24-21(25(19)5-2)28-13-17-12-27-20(22-17)15-8-6-7-14(3)9-15/h6-12H,4-5,13H2,1-3H3. The second kappa shape index (κ2) is 8.59. The molecule has 3 heterocycles. The topological polar surface area (TPSA) is 43.6 Å². The quantitative estimate of drug-likeness (QED) is 0.325. The van der Waals surface area contributed by atoms with Gasteiger partial charge in [-0.1, -0.05) is 42.4 Å². The zero-order chi connectivity index (χ0) is 19.5. The number of thiophene rings is 1. The van der Waals surface area contributed by atoms with Gasteiger partial charge in [0.05, 0.1) is 5.69 Å². The van der Waals surface area contributed by atoms with Crippen LogP contribution in [0.15, 0.2) is 46.2 Å². The highest BCUT2D eigenvalue weighted by Crippen LogP contribution is 2.31. The van der Waals surface area contributed by atoms with Gasteiger partial charge in [-0.3, -0.25) is 0 Å². The number of hydrogen-bond acceptors (Lipinski definition) is 6. The molecule has 0 amide bonds. The highest BCUT2D eigenvalue weighted by Gasteiger charge is 2.15. The molecule has 0 atom stereocenters. The van der Waals surface area contributed by atoms with Gasteiger partial charge in [-0.2, -0.15) is 0 Å². The van der Waals surface area contributed by atoms with Gasteiger partial charge in [-0.15, -0.1) is 32.9 Å². The van der Waals surface area contributed by atoms with Crippen molar-refractivity contribution in [2.24, 2.45) is 0 Å². The summed E-state index contributed by atoms with van der Waals surface area (Å²) in [4.78, 5) is 6.19. The first-order valence-electron chi connectivity index (χ1n) is 9.33. The molecule has 4 rings (SSSR count). The van der Waals surface area contributed by atoms with Gasteiger partial charge in [0.25, 0.3) is 0 Å². The van der Waals surface area contributed by atoms with Crippen molar-refractivity contribution in [3.8, 4) is 22.0 Å². The summed E-state index contributed by atoms with van der Waals surface area (Å²) in [6.07, 6.45) is 1.06. The van der Waals surface area contributed by atoms with Crippen molar-refractivity contribution in [2.45, 2.75) is 44.6 Å². The lowest BCUT2D eigenvalue weighted by molar-refractivity contribution is 0.687. The fraction of sp³-hybridized carbons (Fsp3) is 0.286. The Kier molecular flexibility index (Phi) is 5.94. The first kappa shape index (κ1) is 19.4. The van der Waals surface area contributed by atoms with Crippen LogP contribution < -0.4 is 0 Å². The zero-order valence-electron chi connectivity index (χ0n) is 16.2. The molecule has 0 aliphatic rings. The van der Waals surface area contributed by atoms with Gasteiger partial charge < -0.3 is 4.57 Å². The first-order valence-corrected chi connectivity index (χ1v) is 12.1. The monoisotopic (exact) mass is 426 g/mol. The van der Waals surface area contributed by atoms with Crippen molar-refractivity contribution >= 4 is 34.4 Å². The molecule has 0 aliphatic carbocycles. The molecule has 0 saturated carbocycles. The summed E-state index contributed by atoms with van der Waals surface area (Å²) in [6, 6.07) is 10.7. The maximum Gasteiger partial charge on any atom is 0.191 e. The molecule has 4 nitrogen and oxygen atoms in total. The SMILES string of the molecule is CCc1cc(-c2nnc(SCc3csc(-c4cccc(C)c4)n3)n2CC)cs1. The van der Waals surface area contributed by atoms with Gasteiger partial charge in [0.1, 0.15) is 5.01 Å². The lowest BCUT2D eigenvalue weighted by Gasteiger charge is -2.05. The molecular weight excluding hydrogens is 404 g/mol. The van der Waals surface area contributed by atoms with Crippen LogP contribution in [0.4, 0.5) is 0 Å². The molecular formula is C21H22N4S3. The van der Waals surface area contributed by atoms with Gasteiger partial charge in [0.2, 0.25) is 0 Å². The number of benzene rings is 1. The van der Waals surface area contributed by atoms with Crippen LogP contribution in [0.1, 0.15) is 30.0 Å². The molecule has 0 aliphatic heterocycles. The van der Waals surface area contributed by atoms with Crippen LogP contribution in [0.2, 0.25) is 0 Å². The van der Waals surface area contributed by atoms with E-state index in [1.165, 1.54) is 21.6 Å². The van der Waals surface area contributed by atoms with E-state index < -0.39 is 0 Å². The minimum Gasteiger partial charge on any atom is -0.302 e. The fourth-order valence-corrected chi connectivity index (χ4v) is 5.63. The molecule has 3 aromatic heterocycles. The number of thioether (sulfide) groups is 1. The fourth-order valence-electron chi connectivity index (χ4n) is 3.00. The molecule has 0 N–H and O–H groups in total. The number of rotatable bonds is 7. The molecule has 0 fully saturated rings. The number of nitrogens with zero attached hydrogens (tertiary/aromatic N) is 4. The van der Waals surface area contributed by atoms with Gasteiger partial charge in [-0.25, -0.2) is 4.98 Å². The van der Waals surface area contributed by atoms with E-state index >= 15 is 0 Å². The molecule has 144 valence electrons. The van der Waals surface area contributed by atoms with E-state index in [-0.39, 0.29) is 0 Å². The summed E-state index contributed by atoms with van der Waals surface area (Å²) in [6.45, 7) is 7.29. The molecule has 0 spiro atoms. The average Bonchev–Trinajstić information content (AvgIpc) is 3.44. The molecule has 0 radical (unpaired) electrons. The summed E-state index contributed by atoms with van der Waals surface area (Å²) < 4.78 is 2.19. The third kappa shape index (κ3) is 4.06. The molecule has 4 aromatic rings. The summed E-state index contributed by atoms with van der Waals surface area (Å²) in [5, 5.41) is 15.3. The molecule has 7 heteroatoms. The van der Waals surface area contributed by atoms with Gasteiger partial charge >= 0.3 is 0 Å². The Bertz CT molecular complexity index is 1080. The van der Waals surface area contributed by atoms with Gasteiger partial charge in [0, 0.05) is 39.1 Å². The van der Waals surface area contributed by atoms with Crippen molar-refractivity contribution in [3.05, 3.63) is 57.2 Å². The van der Waals surface area contributed by atoms with E-state index in [4.69, 9.17) is 4.98 Å². The smallest absolute Gasteiger partial charge is 0.191 e. The minimum absolute atomic E-state index is 0.796. The van der Waals surface area contributed by atoms with E-state index in [1.807, 2.05) is 0 Å². The highest BCUT2D eigenvalue weighted by molar-refractivity contribution is 7.98. The van der Waals surface area contributed by atoms with E-state index in [1.54, 1.807) is 34.4 Å². The maximum absolute atomic E-state index is 4.81. The van der Waals surface area contributed by atoms with Crippen LogP contribution in [0.3, 0.4) is 0 Å². The number of hydrogen-bond donors (Lipinski definition) is 0. The Morgan fingerprint density at radius 1 is 1.04 bits per heavy atom. The van der Waals surface area contributed by atoms with Gasteiger partial charge in [0.15, 0.2) is 11.0 Å². The van der Waals surface area contributed by atoms with E-state index in [0.717, 1.165) is 40.4 Å². The Morgan fingerprint density at radius 3 is 2.68 bits per heavy atom. The Hall–Kier alpha value is -1.96. The van der Waals surface area contributed by atoms with Crippen molar-refractivity contribution in [1.29, 1.82) is 0 Å². The number of aryl methyl sites for hydroxylation is 2. The zero-order valence-corrected chi connectivity index (χ0v) is 18.6. The van der Waals surface area contributed by atoms with Crippen LogP contribution in [0.5, 0.6) is 0 Å². The molecule has 0 unspecified atom stereocenters. The predicted molar refractivity (Wildman–Crippen MR) is 120 cm³/mol. The van der Waals surface area contributed by atoms with E-state index in [0.29, 0.717) is 0 Å². The van der Waals surface area contributed by atoms with Gasteiger partial charge in [-0.05, 0) is 32.4 Å².